The maximum atomic E-state index is 11.7. The molecular weight excluding hydrogens is 251 g/mol. The highest BCUT2D eigenvalue weighted by Gasteiger charge is 2.27. The molecule has 17 heavy (non-hydrogen) atoms. The van der Waals surface area contributed by atoms with E-state index in [2.05, 4.69) is 21.5 Å². The molecule has 98 valence electrons. The zero-order chi connectivity index (χ0) is 12.6. The highest BCUT2D eigenvalue weighted by molar-refractivity contribution is 7.07. The second kappa shape index (κ2) is 7.68. The Morgan fingerprint density at radius 1 is 1.29 bits per heavy atom. The molecule has 2 nitrogen and oxygen atoms in total. The monoisotopic (exact) mass is 267 g/mol. The number of hydrogen-bond donors (Lipinski definition) is 1. The molecule has 0 radical (unpaired) electrons. The van der Waals surface area contributed by atoms with Crippen molar-refractivity contribution in [2.24, 2.45) is 0 Å². The Hall–Kier alpha value is -0.590. The quantitative estimate of drug-likeness (QED) is 0.731. The predicted octanol–water partition coefficient (Wildman–Crippen LogP) is 2.85. The van der Waals surface area contributed by atoms with Crippen molar-refractivity contribution in [2.45, 2.75) is 19.0 Å². The van der Waals surface area contributed by atoms with Crippen molar-refractivity contribution in [1.29, 1.82) is 0 Å². The van der Waals surface area contributed by atoms with E-state index in [4.69, 9.17) is 0 Å². The van der Waals surface area contributed by atoms with E-state index < -0.39 is 12.8 Å². The fraction of sp³-hybridized carbons (Fsp3) is 0.636. The van der Waals surface area contributed by atoms with Crippen LogP contribution < -0.4 is 5.32 Å². The van der Waals surface area contributed by atoms with Gasteiger partial charge in [0, 0.05) is 6.61 Å². The largest absolute Gasteiger partial charge is 0.411 e. The highest BCUT2D eigenvalue weighted by Crippen LogP contribution is 2.14. The van der Waals surface area contributed by atoms with Crippen LogP contribution in [0.15, 0.2) is 16.8 Å². The Morgan fingerprint density at radius 3 is 2.76 bits per heavy atom. The second-order valence-corrected chi connectivity index (χ2v) is 4.43. The molecule has 1 heterocycles. The van der Waals surface area contributed by atoms with Crippen LogP contribution in [-0.2, 0) is 11.2 Å². The summed E-state index contributed by atoms with van der Waals surface area (Å²) in [7, 11) is 0. The summed E-state index contributed by atoms with van der Waals surface area (Å²) in [6.07, 6.45) is -2.67. The van der Waals surface area contributed by atoms with Gasteiger partial charge in [0.2, 0.25) is 0 Å². The maximum Gasteiger partial charge on any atom is 0.411 e. The molecule has 1 aromatic rings. The fourth-order valence-corrected chi connectivity index (χ4v) is 1.98. The van der Waals surface area contributed by atoms with Crippen molar-refractivity contribution >= 4 is 11.3 Å². The molecule has 0 atom stereocenters. The van der Waals surface area contributed by atoms with Gasteiger partial charge < -0.3 is 10.1 Å². The Morgan fingerprint density at radius 2 is 2.12 bits per heavy atom. The van der Waals surface area contributed by atoms with Crippen molar-refractivity contribution in [2.75, 3.05) is 26.3 Å². The van der Waals surface area contributed by atoms with Gasteiger partial charge in [-0.2, -0.15) is 24.5 Å². The van der Waals surface area contributed by atoms with Crippen molar-refractivity contribution < 1.29 is 17.9 Å². The third-order valence-electron chi connectivity index (χ3n) is 2.08. The number of thiophene rings is 1. The summed E-state index contributed by atoms with van der Waals surface area (Å²) in [6.45, 7) is 0.519. The molecule has 0 unspecified atom stereocenters. The van der Waals surface area contributed by atoms with Crippen LogP contribution in [0.3, 0.4) is 0 Å². The first-order chi connectivity index (χ1) is 8.08. The number of nitrogens with one attached hydrogen (secondary N) is 1. The van der Waals surface area contributed by atoms with Gasteiger partial charge in [0.15, 0.2) is 0 Å². The zero-order valence-corrected chi connectivity index (χ0v) is 10.2. The van der Waals surface area contributed by atoms with Gasteiger partial charge in [0.1, 0.15) is 6.61 Å². The normalized spacial score (nSPS) is 11.9. The van der Waals surface area contributed by atoms with Gasteiger partial charge in [0.05, 0.1) is 0 Å². The minimum absolute atomic E-state index is 0.144. The van der Waals surface area contributed by atoms with Crippen LogP contribution in [0.4, 0.5) is 13.2 Å². The Kier molecular flexibility index (Phi) is 6.54. The lowest BCUT2D eigenvalue weighted by Crippen LogP contribution is -2.21. The van der Waals surface area contributed by atoms with Crippen LogP contribution >= 0.6 is 11.3 Å². The molecular formula is C11H16F3NOS. The first-order valence-electron chi connectivity index (χ1n) is 5.44. The second-order valence-electron chi connectivity index (χ2n) is 3.65. The molecule has 0 saturated carbocycles. The number of hydrogen-bond acceptors (Lipinski definition) is 3. The van der Waals surface area contributed by atoms with Gasteiger partial charge >= 0.3 is 6.18 Å². The Bertz CT molecular complexity index is 287. The van der Waals surface area contributed by atoms with E-state index in [0.717, 1.165) is 13.0 Å². The molecule has 1 N–H and O–H groups in total. The van der Waals surface area contributed by atoms with Crippen LogP contribution in [0.5, 0.6) is 0 Å². The van der Waals surface area contributed by atoms with E-state index >= 15 is 0 Å². The highest BCUT2D eigenvalue weighted by atomic mass is 32.1. The summed E-state index contributed by atoms with van der Waals surface area (Å²) in [4.78, 5) is 0. The van der Waals surface area contributed by atoms with E-state index in [-0.39, 0.29) is 6.61 Å². The van der Waals surface area contributed by atoms with E-state index in [1.54, 1.807) is 11.3 Å². The van der Waals surface area contributed by atoms with Gasteiger partial charge in [0.25, 0.3) is 0 Å². The van der Waals surface area contributed by atoms with Crippen LogP contribution in [0.2, 0.25) is 0 Å². The number of alkyl halides is 3. The van der Waals surface area contributed by atoms with Crippen molar-refractivity contribution in [3.63, 3.8) is 0 Å². The topological polar surface area (TPSA) is 21.3 Å². The molecule has 6 heteroatoms. The van der Waals surface area contributed by atoms with Gasteiger partial charge in [-0.3, -0.25) is 0 Å². The van der Waals surface area contributed by atoms with Crippen LogP contribution in [0.1, 0.15) is 12.0 Å². The minimum atomic E-state index is -4.22. The summed E-state index contributed by atoms with van der Waals surface area (Å²) >= 11 is 1.66. The first-order valence-corrected chi connectivity index (χ1v) is 6.38. The first kappa shape index (κ1) is 14.5. The van der Waals surface area contributed by atoms with E-state index in [9.17, 15) is 13.2 Å². The maximum absolute atomic E-state index is 11.7. The van der Waals surface area contributed by atoms with E-state index in [1.807, 2.05) is 5.38 Å². The third-order valence-corrected chi connectivity index (χ3v) is 2.81. The summed E-state index contributed by atoms with van der Waals surface area (Å²) in [6, 6.07) is 2.07. The van der Waals surface area contributed by atoms with Gasteiger partial charge in [-0.15, -0.1) is 0 Å². The predicted molar refractivity (Wildman–Crippen MR) is 62.4 cm³/mol. The molecule has 1 aromatic heterocycles. The lowest BCUT2D eigenvalue weighted by Gasteiger charge is -2.07. The summed E-state index contributed by atoms with van der Waals surface area (Å²) in [5.41, 5.74) is 1.29. The number of rotatable bonds is 8. The molecule has 0 amide bonds. The SMILES string of the molecule is FC(F)(F)COCCCNCCc1ccsc1. The lowest BCUT2D eigenvalue weighted by atomic mass is 10.2. The molecule has 0 aliphatic heterocycles. The van der Waals surface area contributed by atoms with Crippen molar-refractivity contribution in [3.05, 3.63) is 22.4 Å². The van der Waals surface area contributed by atoms with Crippen LogP contribution in [0.25, 0.3) is 0 Å². The Labute approximate surface area is 103 Å². The molecule has 0 bridgehead atoms. The van der Waals surface area contributed by atoms with Crippen LogP contribution in [-0.4, -0.2) is 32.5 Å². The lowest BCUT2D eigenvalue weighted by molar-refractivity contribution is -0.173. The standard InChI is InChI=1S/C11H16F3NOS/c12-11(13,14)9-16-6-1-4-15-5-2-10-3-7-17-8-10/h3,7-8,15H,1-2,4-6,9H2. The molecule has 0 fully saturated rings. The van der Waals surface area contributed by atoms with Crippen molar-refractivity contribution in [3.8, 4) is 0 Å². The fourth-order valence-electron chi connectivity index (χ4n) is 1.28. The third kappa shape index (κ3) is 8.18. The average molecular weight is 267 g/mol. The minimum Gasteiger partial charge on any atom is -0.372 e. The molecule has 0 aromatic carbocycles. The average Bonchev–Trinajstić information content (AvgIpc) is 2.73. The smallest absolute Gasteiger partial charge is 0.372 e. The van der Waals surface area contributed by atoms with E-state index in [1.165, 1.54) is 5.56 Å². The zero-order valence-electron chi connectivity index (χ0n) is 9.43. The molecule has 0 aliphatic rings. The summed E-state index contributed by atoms with van der Waals surface area (Å²) in [5, 5.41) is 7.28. The Balaban J connectivity index is 1.85. The molecule has 0 spiro atoms. The van der Waals surface area contributed by atoms with Gasteiger partial charge in [-0.1, -0.05) is 0 Å². The van der Waals surface area contributed by atoms with Crippen molar-refractivity contribution in [1.82, 2.24) is 5.32 Å². The van der Waals surface area contributed by atoms with Crippen LogP contribution in [0, 0.1) is 0 Å². The number of halogens is 3. The summed E-state index contributed by atoms with van der Waals surface area (Å²) < 4.78 is 39.6. The van der Waals surface area contributed by atoms with E-state index in [0.29, 0.717) is 13.0 Å². The van der Waals surface area contributed by atoms with Gasteiger partial charge in [-0.25, -0.2) is 0 Å². The molecule has 0 saturated heterocycles. The summed E-state index contributed by atoms with van der Waals surface area (Å²) in [5.74, 6) is 0. The number of ether oxygens (including phenoxy) is 1. The molecule has 1 rings (SSSR count). The van der Waals surface area contributed by atoms with Gasteiger partial charge in [-0.05, 0) is 48.3 Å². The molecule has 0 aliphatic carbocycles.